The molecule has 0 heterocycles. The van der Waals surface area contributed by atoms with Gasteiger partial charge in [0.15, 0.2) is 0 Å². The summed E-state index contributed by atoms with van der Waals surface area (Å²) in [6, 6.07) is 4.50. The first-order chi connectivity index (χ1) is 16.5. The Kier molecular flexibility index (Phi) is 13.0. The van der Waals surface area contributed by atoms with Crippen LogP contribution in [-0.2, 0) is 30.4 Å². The van der Waals surface area contributed by atoms with Crippen LogP contribution in [0.25, 0.3) is 0 Å². The minimum atomic E-state index is -1.37. The predicted molar refractivity (Wildman–Crippen MR) is 129 cm³/mol. The number of carbonyl (C=O) groups is 5. The molecule has 4 unspecified atom stereocenters. The first kappa shape index (κ1) is 29.5. The van der Waals surface area contributed by atoms with Gasteiger partial charge in [0.25, 0.3) is 0 Å². The molecule has 0 spiro atoms. The molecule has 1 aromatic carbocycles. The number of amides is 4. The molecule has 12 nitrogen and oxygen atoms in total. The van der Waals surface area contributed by atoms with E-state index in [1.54, 1.807) is 30.3 Å². The number of benzene rings is 1. The average molecular weight is 493 g/mol. The summed E-state index contributed by atoms with van der Waals surface area (Å²) in [6.45, 7) is 1.89. The number of nitrogens with one attached hydrogen (secondary N) is 3. The van der Waals surface area contributed by atoms with Crippen LogP contribution in [0.2, 0.25) is 0 Å². The maximum absolute atomic E-state index is 13.1. The summed E-state index contributed by atoms with van der Waals surface area (Å²) in [4.78, 5) is 60.9. The van der Waals surface area contributed by atoms with Gasteiger partial charge in [0, 0.05) is 12.8 Å². The summed E-state index contributed by atoms with van der Waals surface area (Å²) in [7, 11) is 0. The average Bonchev–Trinajstić information content (AvgIpc) is 2.80. The van der Waals surface area contributed by atoms with E-state index in [0.29, 0.717) is 19.4 Å². The highest BCUT2D eigenvalue weighted by Gasteiger charge is 2.30. The number of carboxylic acids is 1. The van der Waals surface area contributed by atoms with E-state index in [4.69, 9.17) is 17.2 Å². The molecule has 0 saturated heterocycles. The highest BCUT2D eigenvalue weighted by molar-refractivity contribution is 5.94. The second-order valence-electron chi connectivity index (χ2n) is 8.29. The fourth-order valence-corrected chi connectivity index (χ4v) is 3.21. The number of hydrogen-bond acceptors (Lipinski definition) is 7. The number of primary amides is 1. The Hall–Kier alpha value is -3.51. The molecule has 1 rings (SSSR count). The van der Waals surface area contributed by atoms with E-state index in [0.717, 1.165) is 5.56 Å². The number of rotatable bonds is 16. The predicted octanol–water partition coefficient (Wildman–Crippen LogP) is -1.49. The van der Waals surface area contributed by atoms with Gasteiger partial charge in [0.1, 0.15) is 18.1 Å². The monoisotopic (exact) mass is 492 g/mol. The van der Waals surface area contributed by atoms with Crippen LogP contribution in [0.1, 0.15) is 44.6 Å². The minimum Gasteiger partial charge on any atom is -0.480 e. The van der Waals surface area contributed by atoms with Crippen LogP contribution in [0.4, 0.5) is 0 Å². The molecule has 1 aromatic rings. The summed E-state index contributed by atoms with van der Waals surface area (Å²) in [5, 5.41) is 17.0. The van der Waals surface area contributed by atoms with Gasteiger partial charge in [0.2, 0.25) is 23.6 Å². The van der Waals surface area contributed by atoms with Crippen LogP contribution in [0, 0.1) is 0 Å². The smallest absolute Gasteiger partial charge is 0.326 e. The first-order valence-electron chi connectivity index (χ1n) is 11.5. The lowest BCUT2D eigenvalue weighted by Gasteiger charge is -2.25. The molecule has 12 heteroatoms. The van der Waals surface area contributed by atoms with Gasteiger partial charge in [-0.2, -0.15) is 0 Å². The van der Waals surface area contributed by atoms with Crippen LogP contribution in [0.3, 0.4) is 0 Å². The lowest BCUT2D eigenvalue weighted by Crippen LogP contribution is -2.57. The van der Waals surface area contributed by atoms with Gasteiger partial charge in [-0.05, 0) is 44.7 Å². The van der Waals surface area contributed by atoms with Gasteiger partial charge in [-0.25, -0.2) is 4.79 Å². The number of carboxylic acid groups (broad SMARTS) is 1. The van der Waals surface area contributed by atoms with Crippen molar-refractivity contribution >= 4 is 29.6 Å². The molecular weight excluding hydrogens is 456 g/mol. The highest BCUT2D eigenvalue weighted by atomic mass is 16.4. The Morgan fingerprint density at radius 1 is 0.857 bits per heavy atom. The fourth-order valence-electron chi connectivity index (χ4n) is 3.21. The zero-order valence-corrected chi connectivity index (χ0v) is 19.9. The molecule has 0 fully saturated rings. The standard InChI is InChI=1S/C23H36N6O6/c1-14(25)20(31)27-16(9-5-6-12-24)21(32)29-18(13-15-7-3-2-4-8-15)22(33)28-17(23(34)35)10-11-19(26)30/h2-4,7-8,14,16-18H,5-6,9-13,24-25H2,1H3,(H2,26,30)(H,27,31)(H,28,33)(H,29,32)(H,34,35). The topological polar surface area (TPSA) is 220 Å². The number of unbranched alkanes of at least 4 members (excludes halogenated alkanes) is 1. The van der Waals surface area contributed by atoms with Gasteiger partial charge < -0.3 is 38.3 Å². The molecule has 0 aromatic heterocycles. The van der Waals surface area contributed by atoms with Crippen LogP contribution >= 0.6 is 0 Å². The molecule has 0 radical (unpaired) electrons. The van der Waals surface area contributed by atoms with Gasteiger partial charge >= 0.3 is 5.97 Å². The third-order valence-electron chi connectivity index (χ3n) is 5.20. The van der Waals surface area contributed by atoms with Crippen molar-refractivity contribution in [3.63, 3.8) is 0 Å². The van der Waals surface area contributed by atoms with Gasteiger partial charge in [-0.3, -0.25) is 19.2 Å². The van der Waals surface area contributed by atoms with Gasteiger partial charge in [-0.15, -0.1) is 0 Å². The molecule has 0 aliphatic rings. The molecule has 4 amide bonds. The molecule has 0 bridgehead atoms. The normalized spacial score (nSPS) is 14.1. The van der Waals surface area contributed by atoms with Crippen molar-refractivity contribution in [3.05, 3.63) is 35.9 Å². The third-order valence-corrected chi connectivity index (χ3v) is 5.20. The first-order valence-corrected chi connectivity index (χ1v) is 11.5. The SMILES string of the molecule is CC(N)C(=O)NC(CCCCN)C(=O)NC(Cc1ccccc1)C(=O)NC(CCC(N)=O)C(=O)O. The zero-order valence-electron chi connectivity index (χ0n) is 19.9. The maximum Gasteiger partial charge on any atom is 0.326 e. The van der Waals surface area contributed by atoms with Gasteiger partial charge in [-0.1, -0.05) is 30.3 Å². The summed E-state index contributed by atoms with van der Waals surface area (Å²) in [5.74, 6) is -3.94. The molecule has 4 atom stereocenters. The molecular formula is C23H36N6O6. The second kappa shape index (κ2) is 15.4. The summed E-state index contributed by atoms with van der Waals surface area (Å²) >= 11 is 0. The van der Waals surface area contributed by atoms with Crippen molar-refractivity contribution in [1.82, 2.24) is 16.0 Å². The van der Waals surface area contributed by atoms with Crippen LogP contribution < -0.4 is 33.2 Å². The van der Waals surface area contributed by atoms with Gasteiger partial charge in [0.05, 0.1) is 6.04 Å². The molecule has 0 aliphatic carbocycles. The Morgan fingerprint density at radius 2 is 1.43 bits per heavy atom. The van der Waals surface area contributed by atoms with Crippen LogP contribution in [0.5, 0.6) is 0 Å². The van der Waals surface area contributed by atoms with E-state index >= 15 is 0 Å². The van der Waals surface area contributed by atoms with Crippen molar-refractivity contribution < 1.29 is 29.1 Å². The Morgan fingerprint density at radius 3 is 1.97 bits per heavy atom. The molecule has 0 saturated carbocycles. The van der Waals surface area contributed by atoms with Crippen molar-refractivity contribution in [2.24, 2.45) is 17.2 Å². The molecule has 194 valence electrons. The minimum absolute atomic E-state index is 0.0668. The van der Waals surface area contributed by atoms with Crippen molar-refractivity contribution in [3.8, 4) is 0 Å². The van der Waals surface area contributed by atoms with E-state index in [1.807, 2.05) is 0 Å². The number of nitrogens with two attached hydrogens (primary N) is 3. The second-order valence-corrected chi connectivity index (χ2v) is 8.29. The molecule has 35 heavy (non-hydrogen) atoms. The Bertz CT molecular complexity index is 863. The molecule has 10 N–H and O–H groups in total. The summed E-state index contributed by atoms with van der Waals surface area (Å²) in [6.07, 6.45) is 1.09. The Labute approximate surface area is 204 Å². The van der Waals surface area contributed by atoms with Crippen molar-refractivity contribution in [2.45, 2.75) is 69.6 Å². The van der Waals surface area contributed by atoms with E-state index in [-0.39, 0.29) is 25.7 Å². The maximum atomic E-state index is 13.1. The Balaban J connectivity index is 3.08. The summed E-state index contributed by atoms with van der Waals surface area (Å²) in [5.41, 5.74) is 16.9. The number of hydrogen-bond donors (Lipinski definition) is 7. The lowest BCUT2D eigenvalue weighted by atomic mass is 10.0. The van der Waals surface area contributed by atoms with Crippen molar-refractivity contribution in [2.75, 3.05) is 6.54 Å². The van der Waals surface area contributed by atoms with E-state index < -0.39 is 53.8 Å². The fraction of sp³-hybridized carbons (Fsp3) is 0.522. The van der Waals surface area contributed by atoms with E-state index in [2.05, 4.69) is 16.0 Å². The van der Waals surface area contributed by atoms with Crippen LogP contribution in [0.15, 0.2) is 30.3 Å². The largest absolute Gasteiger partial charge is 0.480 e. The van der Waals surface area contributed by atoms with Crippen LogP contribution in [-0.4, -0.2) is 65.4 Å². The summed E-state index contributed by atoms with van der Waals surface area (Å²) < 4.78 is 0. The zero-order chi connectivity index (χ0) is 26.4. The van der Waals surface area contributed by atoms with E-state index in [1.165, 1.54) is 6.92 Å². The number of carbonyl (C=O) groups excluding carboxylic acids is 4. The number of aliphatic carboxylic acids is 1. The lowest BCUT2D eigenvalue weighted by molar-refractivity contribution is -0.142. The van der Waals surface area contributed by atoms with E-state index in [9.17, 15) is 29.1 Å². The quantitative estimate of drug-likeness (QED) is 0.134. The molecule has 0 aliphatic heterocycles. The van der Waals surface area contributed by atoms with Crippen molar-refractivity contribution in [1.29, 1.82) is 0 Å². The highest BCUT2D eigenvalue weighted by Crippen LogP contribution is 2.08. The third kappa shape index (κ3) is 11.5.